The minimum atomic E-state index is -0.159. The molecule has 1 fully saturated rings. The number of hydrogen-bond acceptors (Lipinski definition) is 3. The summed E-state index contributed by atoms with van der Waals surface area (Å²) in [5.41, 5.74) is -0.159. The molecule has 19 heavy (non-hydrogen) atoms. The van der Waals surface area contributed by atoms with Crippen LogP contribution in [0, 0.1) is 0 Å². The summed E-state index contributed by atoms with van der Waals surface area (Å²) < 4.78 is 5.54. The lowest BCUT2D eigenvalue weighted by atomic mass is 10.0. The Kier molecular flexibility index (Phi) is 4.43. The number of amides is 1. The van der Waals surface area contributed by atoms with Gasteiger partial charge in [-0.25, -0.2) is 0 Å². The minimum absolute atomic E-state index is 0.0533. The van der Waals surface area contributed by atoms with Crippen molar-refractivity contribution in [1.82, 2.24) is 10.2 Å². The van der Waals surface area contributed by atoms with E-state index in [0.717, 1.165) is 31.8 Å². The molecule has 2 rings (SSSR count). The predicted molar refractivity (Wildman–Crippen MR) is 75.2 cm³/mol. The molecule has 0 saturated carbocycles. The fraction of sp³-hybridized carbons (Fsp3) is 0.533. The molecule has 1 saturated heterocycles. The zero-order valence-corrected chi connectivity index (χ0v) is 11.7. The van der Waals surface area contributed by atoms with Crippen molar-refractivity contribution in [3.63, 3.8) is 0 Å². The molecule has 4 nitrogen and oxygen atoms in total. The van der Waals surface area contributed by atoms with Gasteiger partial charge in [-0.15, -0.1) is 0 Å². The average molecular weight is 262 g/mol. The van der Waals surface area contributed by atoms with Gasteiger partial charge in [0.05, 0.1) is 0 Å². The number of benzene rings is 1. The van der Waals surface area contributed by atoms with Gasteiger partial charge in [0.15, 0.2) is 6.61 Å². The highest BCUT2D eigenvalue weighted by atomic mass is 16.5. The standard InChI is InChI=1S/C15H22N2O2/c1-15(2)12-16-9-6-10-17(15)14(18)11-19-13-7-4-3-5-8-13/h3-5,7-8,16H,6,9-12H2,1-2H3. The molecule has 1 aromatic rings. The number of para-hydroxylation sites is 1. The van der Waals surface area contributed by atoms with Crippen molar-refractivity contribution >= 4 is 5.91 Å². The number of carbonyl (C=O) groups excluding carboxylic acids is 1. The first-order chi connectivity index (χ1) is 9.09. The SMILES string of the molecule is CC1(C)CNCCCN1C(=O)COc1ccccc1. The van der Waals surface area contributed by atoms with Crippen LogP contribution in [0.25, 0.3) is 0 Å². The molecule has 0 atom stereocenters. The smallest absolute Gasteiger partial charge is 0.260 e. The van der Waals surface area contributed by atoms with Crippen LogP contribution in [0.5, 0.6) is 5.75 Å². The maximum atomic E-state index is 12.3. The second-order valence-electron chi connectivity index (χ2n) is 5.49. The van der Waals surface area contributed by atoms with Crippen LogP contribution in [0.15, 0.2) is 30.3 Å². The van der Waals surface area contributed by atoms with Gasteiger partial charge in [-0.2, -0.15) is 0 Å². The van der Waals surface area contributed by atoms with Gasteiger partial charge >= 0.3 is 0 Å². The van der Waals surface area contributed by atoms with E-state index < -0.39 is 0 Å². The highest BCUT2D eigenvalue weighted by Crippen LogP contribution is 2.17. The molecule has 104 valence electrons. The Labute approximate surface area is 114 Å². The average Bonchev–Trinajstić information content (AvgIpc) is 2.58. The summed E-state index contributed by atoms with van der Waals surface area (Å²) in [7, 11) is 0. The zero-order valence-electron chi connectivity index (χ0n) is 11.7. The summed E-state index contributed by atoms with van der Waals surface area (Å²) in [5, 5.41) is 3.36. The van der Waals surface area contributed by atoms with E-state index in [4.69, 9.17) is 4.74 Å². The van der Waals surface area contributed by atoms with Crippen LogP contribution in [0.1, 0.15) is 20.3 Å². The molecular formula is C15H22N2O2. The van der Waals surface area contributed by atoms with Gasteiger partial charge in [0.1, 0.15) is 5.75 Å². The topological polar surface area (TPSA) is 41.6 Å². The largest absolute Gasteiger partial charge is 0.484 e. The van der Waals surface area contributed by atoms with Gasteiger partial charge in [-0.05, 0) is 38.9 Å². The van der Waals surface area contributed by atoms with Crippen LogP contribution in [-0.4, -0.2) is 42.6 Å². The Balaban J connectivity index is 1.94. The normalized spacial score (nSPS) is 18.7. The second kappa shape index (κ2) is 6.06. The molecule has 1 amide bonds. The predicted octanol–water partition coefficient (Wildman–Crippen LogP) is 1.67. The number of rotatable bonds is 3. The number of carbonyl (C=O) groups is 1. The Hall–Kier alpha value is -1.55. The monoisotopic (exact) mass is 262 g/mol. The fourth-order valence-electron chi connectivity index (χ4n) is 2.36. The summed E-state index contributed by atoms with van der Waals surface area (Å²) in [6.45, 7) is 6.86. The lowest BCUT2D eigenvalue weighted by molar-refractivity contribution is -0.138. The van der Waals surface area contributed by atoms with Crippen molar-refractivity contribution in [2.45, 2.75) is 25.8 Å². The van der Waals surface area contributed by atoms with E-state index in [-0.39, 0.29) is 18.1 Å². The van der Waals surface area contributed by atoms with Crippen molar-refractivity contribution in [2.24, 2.45) is 0 Å². The Morgan fingerprint density at radius 2 is 2.11 bits per heavy atom. The van der Waals surface area contributed by atoms with E-state index in [1.165, 1.54) is 0 Å². The molecule has 0 radical (unpaired) electrons. The fourth-order valence-corrected chi connectivity index (χ4v) is 2.36. The molecule has 1 aromatic carbocycles. The third-order valence-corrected chi connectivity index (χ3v) is 3.43. The first-order valence-corrected chi connectivity index (χ1v) is 6.79. The molecule has 0 aliphatic carbocycles. The van der Waals surface area contributed by atoms with Crippen molar-refractivity contribution in [1.29, 1.82) is 0 Å². The van der Waals surface area contributed by atoms with Gasteiger partial charge in [-0.1, -0.05) is 18.2 Å². The number of hydrogen-bond donors (Lipinski definition) is 1. The molecule has 1 aliphatic rings. The number of nitrogens with one attached hydrogen (secondary N) is 1. The Morgan fingerprint density at radius 3 is 2.84 bits per heavy atom. The third-order valence-electron chi connectivity index (χ3n) is 3.43. The van der Waals surface area contributed by atoms with E-state index >= 15 is 0 Å². The third kappa shape index (κ3) is 3.70. The molecule has 0 bridgehead atoms. The molecule has 4 heteroatoms. The maximum Gasteiger partial charge on any atom is 0.260 e. The molecule has 1 aliphatic heterocycles. The Morgan fingerprint density at radius 1 is 1.37 bits per heavy atom. The molecule has 0 spiro atoms. The van der Waals surface area contributed by atoms with Crippen LogP contribution < -0.4 is 10.1 Å². The summed E-state index contributed by atoms with van der Waals surface area (Å²) in [6.07, 6.45) is 0.987. The van der Waals surface area contributed by atoms with Crippen LogP contribution in [0.3, 0.4) is 0 Å². The van der Waals surface area contributed by atoms with Gasteiger partial charge in [-0.3, -0.25) is 4.79 Å². The van der Waals surface area contributed by atoms with Gasteiger partial charge in [0.2, 0.25) is 0 Å². The lowest BCUT2D eigenvalue weighted by Gasteiger charge is -2.36. The lowest BCUT2D eigenvalue weighted by Crippen LogP contribution is -2.52. The zero-order chi connectivity index (χ0) is 13.7. The van der Waals surface area contributed by atoms with Crippen LogP contribution in [0.2, 0.25) is 0 Å². The number of ether oxygens (including phenoxy) is 1. The van der Waals surface area contributed by atoms with E-state index in [9.17, 15) is 4.79 Å². The van der Waals surface area contributed by atoms with Gasteiger partial charge in [0.25, 0.3) is 5.91 Å². The van der Waals surface area contributed by atoms with E-state index in [0.29, 0.717) is 0 Å². The van der Waals surface area contributed by atoms with Crippen LogP contribution in [-0.2, 0) is 4.79 Å². The first-order valence-electron chi connectivity index (χ1n) is 6.79. The Bertz CT molecular complexity index is 417. The molecule has 0 aromatic heterocycles. The van der Waals surface area contributed by atoms with E-state index in [1.54, 1.807) is 0 Å². The minimum Gasteiger partial charge on any atom is -0.484 e. The van der Waals surface area contributed by atoms with E-state index in [1.807, 2.05) is 35.2 Å². The van der Waals surface area contributed by atoms with Crippen molar-refractivity contribution in [2.75, 3.05) is 26.2 Å². The summed E-state index contributed by atoms with van der Waals surface area (Å²) >= 11 is 0. The van der Waals surface area contributed by atoms with Crippen molar-refractivity contribution in [3.05, 3.63) is 30.3 Å². The van der Waals surface area contributed by atoms with Crippen LogP contribution >= 0.6 is 0 Å². The second-order valence-corrected chi connectivity index (χ2v) is 5.49. The molecule has 1 N–H and O–H groups in total. The van der Waals surface area contributed by atoms with Gasteiger partial charge in [0, 0.05) is 18.6 Å². The molecular weight excluding hydrogens is 240 g/mol. The summed E-state index contributed by atoms with van der Waals surface area (Å²) in [4.78, 5) is 14.2. The summed E-state index contributed by atoms with van der Waals surface area (Å²) in [6, 6.07) is 9.46. The van der Waals surface area contributed by atoms with Crippen molar-refractivity contribution in [3.8, 4) is 5.75 Å². The molecule has 0 unspecified atom stereocenters. The first kappa shape index (κ1) is 13.9. The number of nitrogens with zero attached hydrogens (tertiary/aromatic N) is 1. The summed E-state index contributed by atoms with van der Waals surface area (Å²) in [5.74, 6) is 0.791. The quantitative estimate of drug-likeness (QED) is 0.901. The highest BCUT2D eigenvalue weighted by Gasteiger charge is 2.31. The van der Waals surface area contributed by atoms with Crippen molar-refractivity contribution < 1.29 is 9.53 Å². The van der Waals surface area contributed by atoms with Gasteiger partial charge < -0.3 is 15.0 Å². The molecule has 1 heterocycles. The highest BCUT2D eigenvalue weighted by molar-refractivity contribution is 5.78. The van der Waals surface area contributed by atoms with Crippen LogP contribution in [0.4, 0.5) is 0 Å². The van der Waals surface area contributed by atoms with E-state index in [2.05, 4.69) is 19.2 Å². The maximum absolute atomic E-state index is 12.3.